The topological polar surface area (TPSA) is 46.5 Å². The summed E-state index contributed by atoms with van der Waals surface area (Å²) < 4.78 is 18.9. The number of hydrogen-bond donors (Lipinski definition) is 1. The van der Waals surface area contributed by atoms with Crippen LogP contribution in [0.3, 0.4) is 0 Å². The fraction of sp³-hybridized carbons (Fsp3) is 0.0714. The van der Waals surface area contributed by atoms with Crippen LogP contribution in [0.4, 0.5) is 4.39 Å². The van der Waals surface area contributed by atoms with Crippen LogP contribution in [0.5, 0.6) is 5.75 Å². The molecule has 0 aromatic heterocycles. The first kappa shape index (κ1) is 13.4. The highest BCUT2D eigenvalue weighted by Crippen LogP contribution is 2.32. The maximum Gasteiger partial charge on any atom is 0.335 e. The van der Waals surface area contributed by atoms with Gasteiger partial charge in [-0.3, -0.25) is 0 Å². The second-order valence-corrected chi connectivity index (χ2v) is 4.85. The van der Waals surface area contributed by atoms with Crippen LogP contribution in [0.2, 0.25) is 0 Å². The molecule has 5 heteroatoms. The average Bonchev–Trinajstić information content (AvgIpc) is 2.41. The third kappa shape index (κ3) is 3.26. The number of halogens is 1. The zero-order valence-electron chi connectivity index (χ0n) is 10.1. The predicted octanol–water partition coefficient (Wildman–Crippen LogP) is 3.68. The van der Waals surface area contributed by atoms with Crippen LogP contribution in [-0.4, -0.2) is 18.2 Å². The Morgan fingerprint density at radius 2 is 2.05 bits per heavy atom. The van der Waals surface area contributed by atoms with Crippen LogP contribution >= 0.6 is 11.8 Å². The van der Waals surface area contributed by atoms with Crippen molar-refractivity contribution in [2.24, 2.45) is 0 Å². The maximum absolute atomic E-state index is 13.8. The smallest absolute Gasteiger partial charge is 0.335 e. The van der Waals surface area contributed by atoms with E-state index in [4.69, 9.17) is 9.84 Å². The summed E-state index contributed by atoms with van der Waals surface area (Å²) in [4.78, 5) is 11.9. The van der Waals surface area contributed by atoms with Crippen LogP contribution < -0.4 is 4.74 Å². The van der Waals surface area contributed by atoms with Crippen LogP contribution in [-0.2, 0) is 0 Å². The quantitative estimate of drug-likeness (QED) is 0.926. The minimum atomic E-state index is -1.14. The molecule has 0 heterocycles. The molecule has 98 valence electrons. The molecular formula is C14H11FO3S. The van der Waals surface area contributed by atoms with Gasteiger partial charge in [-0.25, -0.2) is 9.18 Å². The maximum atomic E-state index is 13.8. The third-order valence-electron chi connectivity index (χ3n) is 2.45. The van der Waals surface area contributed by atoms with Crippen molar-refractivity contribution in [3.05, 3.63) is 53.8 Å². The fourth-order valence-electron chi connectivity index (χ4n) is 1.51. The molecular weight excluding hydrogens is 267 g/mol. The first-order valence-electron chi connectivity index (χ1n) is 5.45. The van der Waals surface area contributed by atoms with Gasteiger partial charge in [0.2, 0.25) is 0 Å². The first-order valence-corrected chi connectivity index (χ1v) is 6.26. The predicted molar refractivity (Wildman–Crippen MR) is 70.5 cm³/mol. The number of methoxy groups -OCH3 is 1. The van der Waals surface area contributed by atoms with Gasteiger partial charge in [0.25, 0.3) is 0 Å². The molecule has 0 aliphatic heterocycles. The molecule has 2 aromatic rings. The Morgan fingerprint density at radius 3 is 2.68 bits per heavy atom. The molecule has 0 atom stereocenters. The van der Waals surface area contributed by atoms with Crippen molar-refractivity contribution in [1.82, 2.24) is 0 Å². The third-order valence-corrected chi connectivity index (χ3v) is 3.49. The molecule has 0 fully saturated rings. The zero-order valence-corrected chi connectivity index (χ0v) is 10.9. The van der Waals surface area contributed by atoms with Gasteiger partial charge in [0.1, 0.15) is 11.6 Å². The lowest BCUT2D eigenvalue weighted by Gasteiger charge is -2.06. The van der Waals surface area contributed by atoms with E-state index in [0.29, 0.717) is 10.6 Å². The van der Waals surface area contributed by atoms with E-state index in [-0.39, 0.29) is 5.56 Å². The van der Waals surface area contributed by atoms with Crippen molar-refractivity contribution in [3.63, 3.8) is 0 Å². The summed E-state index contributed by atoms with van der Waals surface area (Å²) >= 11 is 1.22. The van der Waals surface area contributed by atoms with Crippen LogP contribution in [0, 0.1) is 5.82 Å². The van der Waals surface area contributed by atoms with Crippen molar-refractivity contribution in [3.8, 4) is 5.75 Å². The second kappa shape index (κ2) is 5.75. The standard InChI is InChI=1S/C14H11FO3S/c1-18-10-3-2-4-11(8-10)19-13-6-5-9(14(16)17)7-12(13)15/h2-8H,1H3,(H,16,17). The Bertz CT molecular complexity index is 613. The Morgan fingerprint density at radius 1 is 1.26 bits per heavy atom. The zero-order chi connectivity index (χ0) is 13.8. The lowest BCUT2D eigenvalue weighted by atomic mass is 10.2. The Kier molecular flexibility index (Phi) is 4.06. The van der Waals surface area contributed by atoms with E-state index in [1.165, 1.54) is 23.9 Å². The summed E-state index contributed by atoms with van der Waals surface area (Å²) in [6, 6.07) is 11.1. The number of carbonyl (C=O) groups is 1. The molecule has 1 N–H and O–H groups in total. The van der Waals surface area contributed by atoms with Crippen molar-refractivity contribution >= 4 is 17.7 Å². The van der Waals surface area contributed by atoms with Crippen molar-refractivity contribution in [2.45, 2.75) is 9.79 Å². The highest BCUT2D eigenvalue weighted by molar-refractivity contribution is 7.99. The van der Waals surface area contributed by atoms with Gasteiger partial charge in [0.05, 0.1) is 12.7 Å². The van der Waals surface area contributed by atoms with E-state index < -0.39 is 11.8 Å². The molecule has 19 heavy (non-hydrogen) atoms. The average molecular weight is 278 g/mol. The number of ether oxygens (including phenoxy) is 1. The molecule has 0 amide bonds. The summed E-state index contributed by atoms with van der Waals surface area (Å²) in [5.41, 5.74) is -0.0625. The lowest BCUT2D eigenvalue weighted by Crippen LogP contribution is -1.97. The van der Waals surface area contributed by atoms with E-state index in [2.05, 4.69) is 0 Å². The number of aromatic carboxylic acids is 1. The summed E-state index contributed by atoms with van der Waals surface area (Å²) in [5, 5.41) is 8.77. The van der Waals surface area contributed by atoms with Gasteiger partial charge >= 0.3 is 5.97 Å². The molecule has 0 saturated carbocycles. The molecule has 0 saturated heterocycles. The Hall–Kier alpha value is -2.01. The van der Waals surface area contributed by atoms with Crippen LogP contribution in [0.15, 0.2) is 52.3 Å². The second-order valence-electron chi connectivity index (χ2n) is 3.73. The minimum absolute atomic E-state index is 0.0625. The van der Waals surface area contributed by atoms with Gasteiger partial charge in [-0.1, -0.05) is 17.8 Å². The van der Waals surface area contributed by atoms with E-state index in [0.717, 1.165) is 11.0 Å². The van der Waals surface area contributed by atoms with Gasteiger partial charge < -0.3 is 9.84 Å². The molecule has 0 spiro atoms. The van der Waals surface area contributed by atoms with Gasteiger partial charge in [-0.15, -0.1) is 0 Å². The number of carboxylic acids is 1. The Balaban J connectivity index is 2.25. The molecule has 0 aliphatic rings. The summed E-state index contributed by atoms with van der Waals surface area (Å²) in [5.74, 6) is -1.00. The van der Waals surface area contributed by atoms with Gasteiger partial charge in [0.15, 0.2) is 0 Å². The van der Waals surface area contributed by atoms with Gasteiger partial charge in [-0.05, 0) is 36.4 Å². The number of carboxylic acid groups (broad SMARTS) is 1. The highest BCUT2D eigenvalue weighted by Gasteiger charge is 2.09. The molecule has 2 rings (SSSR count). The SMILES string of the molecule is COc1cccc(Sc2ccc(C(=O)O)cc2F)c1. The van der Waals surface area contributed by atoms with E-state index in [1.54, 1.807) is 19.2 Å². The summed E-state index contributed by atoms with van der Waals surface area (Å²) in [7, 11) is 1.56. The number of rotatable bonds is 4. The van der Waals surface area contributed by atoms with Gasteiger partial charge in [-0.2, -0.15) is 0 Å². The highest BCUT2D eigenvalue weighted by atomic mass is 32.2. The first-order chi connectivity index (χ1) is 9.10. The van der Waals surface area contributed by atoms with E-state index in [9.17, 15) is 9.18 Å². The largest absolute Gasteiger partial charge is 0.497 e. The fourth-order valence-corrected chi connectivity index (χ4v) is 2.38. The van der Waals surface area contributed by atoms with Crippen molar-refractivity contribution in [2.75, 3.05) is 7.11 Å². The molecule has 0 aliphatic carbocycles. The molecule has 0 radical (unpaired) electrons. The molecule has 3 nitrogen and oxygen atoms in total. The molecule has 0 unspecified atom stereocenters. The monoisotopic (exact) mass is 278 g/mol. The van der Waals surface area contributed by atoms with Crippen molar-refractivity contribution < 1.29 is 19.0 Å². The Labute approximate surface area is 114 Å². The van der Waals surface area contributed by atoms with Crippen LogP contribution in [0.25, 0.3) is 0 Å². The van der Waals surface area contributed by atoms with Crippen molar-refractivity contribution in [1.29, 1.82) is 0 Å². The number of hydrogen-bond acceptors (Lipinski definition) is 3. The lowest BCUT2D eigenvalue weighted by molar-refractivity contribution is 0.0696. The minimum Gasteiger partial charge on any atom is -0.497 e. The molecule has 2 aromatic carbocycles. The normalized spacial score (nSPS) is 10.2. The summed E-state index contributed by atoms with van der Waals surface area (Å²) in [6.45, 7) is 0. The van der Waals surface area contributed by atoms with Crippen LogP contribution in [0.1, 0.15) is 10.4 Å². The molecule has 0 bridgehead atoms. The van der Waals surface area contributed by atoms with E-state index in [1.807, 2.05) is 12.1 Å². The number of benzene rings is 2. The van der Waals surface area contributed by atoms with E-state index >= 15 is 0 Å². The summed E-state index contributed by atoms with van der Waals surface area (Å²) in [6.07, 6.45) is 0. The van der Waals surface area contributed by atoms with Gasteiger partial charge in [0, 0.05) is 9.79 Å².